The first-order valence-corrected chi connectivity index (χ1v) is 24.3. The number of benzene rings is 5. The average Bonchev–Trinajstić information content (AvgIpc) is 3.56. The van der Waals surface area contributed by atoms with E-state index in [1.807, 2.05) is 73.7 Å². The fourth-order valence-electron chi connectivity index (χ4n) is 9.45. The van der Waals surface area contributed by atoms with E-state index in [9.17, 15) is 32.7 Å². The van der Waals surface area contributed by atoms with Gasteiger partial charge in [-0.25, -0.2) is 13.2 Å². The molecule has 0 aliphatic carbocycles. The van der Waals surface area contributed by atoms with E-state index >= 15 is 0 Å². The molecule has 4 aliphatic heterocycles. The van der Waals surface area contributed by atoms with Crippen LogP contribution in [0.5, 0.6) is 5.75 Å². The van der Waals surface area contributed by atoms with Crippen molar-refractivity contribution in [2.75, 3.05) is 32.8 Å². The zero-order valence-electron chi connectivity index (χ0n) is 36.3. The van der Waals surface area contributed by atoms with Gasteiger partial charge in [-0.3, -0.25) is 19.3 Å². The number of carboxylic acids is 1. The fourth-order valence-corrected chi connectivity index (χ4v) is 12.8. The quantitative estimate of drug-likeness (QED) is 0.125. The third-order valence-corrected chi connectivity index (χ3v) is 16.2. The summed E-state index contributed by atoms with van der Waals surface area (Å²) in [6.45, 7) is 9.38. The predicted molar refractivity (Wildman–Crippen MR) is 248 cm³/mol. The van der Waals surface area contributed by atoms with Crippen molar-refractivity contribution in [1.82, 2.24) is 24.7 Å². The Morgan fingerprint density at radius 1 is 0.812 bits per heavy atom. The third kappa shape index (κ3) is 9.21. The molecule has 13 nitrogen and oxygen atoms in total. The number of β-lactam (4-membered cyclic amide) rings is 1. The summed E-state index contributed by atoms with van der Waals surface area (Å²) in [6.07, 6.45) is 3.25. The van der Waals surface area contributed by atoms with Crippen molar-refractivity contribution >= 4 is 67.0 Å². The Hall–Kier alpha value is -5.48. The molecule has 0 spiro atoms. The van der Waals surface area contributed by atoms with E-state index in [4.69, 9.17) is 4.74 Å². The number of carbonyl (C=O) groups is 4. The predicted octanol–water partition coefficient (Wildman–Crippen LogP) is 6.51. The largest absolute Gasteiger partial charge is 0.493 e. The number of carboxylic acid groups (broad SMARTS) is 1. The lowest BCUT2D eigenvalue weighted by atomic mass is 9.95. The van der Waals surface area contributed by atoms with Crippen LogP contribution in [0, 0.1) is 5.92 Å². The van der Waals surface area contributed by atoms with Crippen molar-refractivity contribution in [2.45, 2.75) is 86.1 Å². The number of hydrogen-bond donors (Lipinski definition) is 3. The number of thioether (sulfide) groups is 1. The Morgan fingerprint density at radius 2 is 1.47 bits per heavy atom. The number of likely N-dealkylation sites (tertiary alicyclic amines) is 1. The van der Waals surface area contributed by atoms with Crippen LogP contribution in [0.4, 0.5) is 0 Å². The van der Waals surface area contributed by atoms with Crippen LogP contribution in [0.1, 0.15) is 62.4 Å². The van der Waals surface area contributed by atoms with E-state index in [1.165, 1.54) is 26.5 Å². The molecule has 336 valence electrons. The number of nitrogens with zero attached hydrogens (tertiary/aromatic N) is 3. The molecule has 0 radical (unpaired) electrons. The number of hydrogen-bond acceptors (Lipinski definition) is 9. The second-order valence-corrected chi connectivity index (χ2v) is 21.0. The number of sulfonamides is 1. The lowest BCUT2D eigenvalue weighted by Crippen LogP contribution is -2.70. The summed E-state index contributed by atoms with van der Waals surface area (Å²) in [6, 6.07) is 33.0. The molecule has 5 aromatic carbocycles. The number of rotatable bonds is 11. The summed E-state index contributed by atoms with van der Waals surface area (Å²) < 4.78 is 33.6. The number of fused-ring (bicyclic) bond motifs is 3. The zero-order valence-corrected chi connectivity index (χ0v) is 37.9. The number of piperidine rings is 2. The van der Waals surface area contributed by atoms with Crippen LogP contribution in [-0.2, 0) is 31.0 Å². The standard InChI is InChI=1S/C28H33N3O3S.C21H22N2O5S/c32-28(29-25-15-18-30(19-16-25)20-22-8-2-1-3-9-22)24-12-7-17-31(21-24)35(33,34)27-14-6-11-23-10-4-5-13-26(23)27;1-4-28-13-10-9-11-7-5-6-8-12(11)14(13)17(24)22-15-18(25)23-16(20(26)27)21(2,3)29-19(15)23/h1-6,8-11,13-14,24-25H,7,12,15-21H2,(H,29,32);5-10,15-16,19H,4H2,1-3H3,(H,22,24)(H,26,27)/t;15-,16+,19-/m.1/s1. The summed E-state index contributed by atoms with van der Waals surface area (Å²) in [5.41, 5.74) is 1.69. The highest BCUT2D eigenvalue weighted by molar-refractivity contribution is 8.01. The molecule has 1 unspecified atom stereocenters. The van der Waals surface area contributed by atoms with Crippen LogP contribution < -0.4 is 15.4 Å². The summed E-state index contributed by atoms with van der Waals surface area (Å²) in [7, 11) is -3.68. The van der Waals surface area contributed by atoms with Crippen molar-refractivity contribution < 1.29 is 37.4 Å². The molecular weight excluding hydrogens is 851 g/mol. The zero-order chi connectivity index (χ0) is 45.2. The van der Waals surface area contributed by atoms with E-state index in [0.29, 0.717) is 35.8 Å². The maximum atomic E-state index is 13.5. The van der Waals surface area contributed by atoms with Crippen LogP contribution in [0.2, 0.25) is 0 Å². The lowest BCUT2D eigenvalue weighted by Gasteiger charge is -2.43. The molecule has 4 atom stereocenters. The van der Waals surface area contributed by atoms with Gasteiger partial charge in [-0.2, -0.15) is 4.31 Å². The Kier molecular flexibility index (Phi) is 13.3. The second-order valence-electron chi connectivity index (χ2n) is 17.4. The first kappa shape index (κ1) is 45.1. The second kappa shape index (κ2) is 18.9. The Labute approximate surface area is 378 Å². The molecule has 15 heteroatoms. The van der Waals surface area contributed by atoms with Gasteiger partial charge >= 0.3 is 5.97 Å². The minimum Gasteiger partial charge on any atom is -0.493 e. The van der Waals surface area contributed by atoms with Gasteiger partial charge in [0.1, 0.15) is 23.2 Å². The van der Waals surface area contributed by atoms with Crippen molar-refractivity contribution in [3.05, 3.63) is 120 Å². The SMILES string of the molecule is CCOc1ccc2ccccc2c1C(=O)N[C@@H]1C(=O)N2[C@@H]1SC(C)(C)[C@@H]2C(=O)O.O=C(NC1CCN(Cc2ccccc2)CC1)C1CCCN(S(=O)(=O)c2cccc3ccccc23)C1. The van der Waals surface area contributed by atoms with Gasteiger partial charge in [-0.15, -0.1) is 11.8 Å². The third-order valence-electron chi connectivity index (χ3n) is 12.7. The van der Waals surface area contributed by atoms with E-state index in [-0.39, 0.29) is 30.3 Å². The monoisotopic (exact) mass is 905 g/mol. The van der Waals surface area contributed by atoms with E-state index in [2.05, 4.69) is 39.8 Å². The van der Waals surface area contributed by atoms with Crippen LogP contribution in [-0.4, -0.2) is 112 Å². The number of amides is 3. The van der Waals surface area contributed by atoms with Gasteiger partial charge in [0.15, 0.2) is 0 Å². The normalized spacial score (nSPS) is 22.5. The highest BCUT2D eigenvalue weighted by atomic mass is 32.2. The smallest absolute Gasteiger partial charge is 0.327 e. The number of carbonyl (C=O) groups excluding carboxylic acids is 3. The molecule has 4 saturated heterocycles. The molecule has 4 aliphatic rings. The molecule has 0 aromatic heterocycles. The minimum atomic E-state index is -3.68. The summed E-state index contributed by atoms with van der Waals surface area (Å²) in [5, 5.41) is 18.4. The van der Waals surface area contributed by atoms with E-state index in [1.54, 1.807) is 32.0 Å². The highest BCUT2D eigenvalue weighted by Crippen LogP contribution is 2.51. The first-order valence-electron chi connectivity index (χ1n) is 22.0. The average molecular weight is 906 g/mol. The molecule has 3 amide bonds. The molecular formula is C49H55N5O8S2. The summed E-state index contributed by atoms with van der Waals surface area (Å²) in [5.74, 6) is -1.67. The van der Waals surface area contributed by atoms with Crippen LogP contribution in [0.3, 0.4) is 0 Å². The van der Waals surface area contributed by atoms with Gasteiger partial charge in [0.05, 0.1) is 23.0 Å². The molecule has 0 saturated carbocycles. The minimum absolute atomic E-state index is 0.00988. The lowest BCUT2D eigenvalue weighted by molar-refractivity contribution is -0.159. The molecule has 4 fully saturated rings. The van der Waals surface area contributed by atoms with Gasteiger partial charge in [0.25, 0.3) is 5.91 Å². The molecule has 64 heavy (non-hydrogen) atoms. The Morgan fingerprint density at radius 3 is 2.17 bits per heavy atom. The first-order chi connectivity index (χ1) is 30.8. The van der Waals surface area contributed by atoms with Crippen molar-refractivity contribution in [3.8, 4) is 5.75 Å². The fraction of sp³-hybridized carbons (Fsp3) is 0.388. The van der Waals surface area contributed by atoms with Crippen molar-refractivity contribution in [1.29, 1.82) is 0 Å². The molecule has 9 rings (SSSR count). The van der Waals surface area contributed by atoms with Crippen LogP contribution in [0.15, 0.2) is 114 Å². The number of nitrogens with one attached hydrogen (secondary N) is 2. The Balaban J connectivity index is 0.000000178. The van der Waals surface area contributed by atoms with Gasteiger partial charge < -0.3 is 25.4 Å². The molecule has 5 aromatic rings. The van der Waals surface area contributed by atoms with E-state index < -0.39 is 44.1 Å². The van der Waals surface area contributed by atoms with Crippen LogP contribution >= 0.6 is 11.8 Å². The van der Waals surface area contributed by atoms with E-state index in [0.717, 1.165) is 60.4 Å². The highest BCUT2D eigenvalue weighted by Gasteiger charge is 2.64. The Bertz CT molecular complexity index is 2650. The summed E-state index contributed by atoms with van der Waals surface area (Å²) >= 11 is 1.40. The topological polar surface area (TPSA) is 166 Å². The van der Waals surface area contributed by atoms with Gasteiger partial charge in [0.2, 0.25) is 21.8 Å². The summed E-state index contributed by atoms with van der Waals surface area (Å²) in [4.78, 5) is 54.8. The number of ether oxygens (including phenoxy) is 1. The van der Waals surface area contributed by atoms with Gasteiger partial charge in [-0.1, -0.05) is 97.1 Å². The number of aliphatic carboxylic acids is 1. The van der Waals surface area contributed by atoms with Gasteiger partial charge in [-0.05, 0) is 80.3 Å². The molecule has 3 N–H and O–H groups in total. The van der Waals surface area contributed by atoms with Gasteiger partial charge in [0, 0.05) is 48.9 Å². The van der Waals surface area contributed by atoms with Crippen molar-refractivity contribution in [3.63, 3.8) is 0 Å². The molecule has 0 bridgehead atoms. The molecule has 4 heterocycles. The maximum absolute atomic E-state index is 13.5. The van der Waals surface area contributed by atoms with Crippen LogP contribution in [0.25, 0.3) is 21.5 Å². The maximum Gasteiger partial charge on any atom is 0.327 e. The van der Waals surface area contributed by atoms with Crippen molar-refractivity contribution in [2.24, 2.45) is 5.92 Å².